The molecule has 0 aliphatic heterocycles. The average Bonchev–Trinajstić information content (AvgIpc) is 3.47. The lowest BCUT2D eigenvalue weighted by molar-refractivity contribution is 0.399. The summed E-state index contributed by atoms with van der Waals surface area (Å²) in [6, 6.07) is 6.67. The summed E-state index contributed by atoms with van der Waals surface area (Å²) in [4.78, 5) is 9.77. The topological polar surface area (TPSA) is 63.0 Å². The predicted molar refractivity (Wildman–Crippen MR) is 153 cm³/mol. The van der Waals surface area contributed by atoms with Crippen molar-refractivity contribution in [2.24, 2.45) is 7.05 Å². The SMILES string of the molecule is C=C/C=C\C=C\CCNCCc1ccc2nc(C(CCC)c3csc(C)n3)n(C)c2c1.CC.CO. The molecule has 0 bridgehead atoms. The molecule has 0 amide bonds. The van der Waals surface area contributed by atoms with Crippen molar-refractivity contribution in [3.63, 3.8) is 0 Å². The zero-order chi connectivity index (χ0) is 26.1. The van der Waals surface area contributed by atoms with Gasteiger partial charge in [-0.15, -0.1) is 11.3 Å². The van der Waals surface area contributed by atoms with Crippen LogP contribution in [0.15, 0.2) is 60.5 Å². The number of hydrogen-bond donors (Lipinski definition) is 2. The van der Waals surface area contributed by atoms with E-state index in [1.54, 1.807) is 17.4 Å². The molecule has 3 aromatic rings. The van der Waals surface area contributed by atoms with Crippen LogP contribution in [0.3, 0.4) is 0 Å². The van der Waals surface area contributed by atoms with Crippen LogP contribution < -0.4 is 5.32 Å². The van der Waals surface area contributed by atoms with E-state index in [1.807, 2.05) is 26.0 Å². The number of aryl methyl sites for hydroxylation is 2. The van der Waals surface area contributed by atoms with Gasteiger partial charge in [0.25, 0.3) is 0 Å². The van der Waals surface area contributed by atoms with Crippen LogP contribution >= 0.6 is 11.3 Å². The minimum absolute atomic E-state index is 0.256. The molecule has 2 aromatic heterocycles. The molecular formula is C29H44N4OS. The quantitative estimate of drug-likeness (QED) is 0.216. The first kappa shape index (κ1) is 30.5. The summed E-state index contributed by atoms with van der Waals surface area (Å²) in [7, 11) is 3.14. The van der Waals surface area contributed by atoms with Crippen molar-refractivity contribution in [2.45, 2.75) is 59.3 Å². The second-order valence-electron chi connectivity index (χ2n) is 7.82. The van der Waals surface area contributed by atoms with Crippen LogP contribution in [-0.4, -0.2) is 39.8 Å². The molecule has 0 aliphatic carbocycles. The molecule has 0 radical (unpaired) electrons. The van der Waals surface area contributed by atoms with Crippen molar-refractivity contribution in [3.8, 4) is 0 Å². The lowest BCUT2D eigenvalue weighted by Crippen LogP contribution is -2.18. The number of aromatic nitrogens is 3. The Hall–Kier alpha value is -2.54. The summed E-state index contributed by atoms with van der Waals surface area (Å²) >= 11 is 1.72. The van der Waals surface area contributed by atoms with Crippen LogP contribution in [0.2, 0.25) is 0 Å². The fraction of sp³-hybridized carbons (Fsp3) is 0.448. The van der Waals surface area contributed by atoms with E-state index < -0.39 is 0 Å². The Morgan fingerprint density at radius 3 is 2.57 bits per heavy atom. The zero-order valence-corrected chi connectivity index (χ0v) is 23.2. The Bertz CT molecular complexity index is 1050. The van der Waals surface area contributed by atoms with Gasteiger partial charge in [0.05, 0.1) is 27.7 Å². The molecule has 0 saturated carbocycles. The number of benzene rings is 1. The summed E-state index contributed by atoms with van der Waals surface area (Å²) in [5.74, 6) is 1.38. The van der Waals surface area contributed by atoms with Gasteiger partial charge in [0, 0.05) is 19.5 Å². The number of fused-ring (bicyclic) bond motifs is 1. The zero-order valence-electron chi connectivity index (χ0n) is 22.4. The molecule has 5 nitrogen and oxygen atoms in total. The highest BCUT2D eigenvalue weighted by Crippen LogP contribution is 2.31. The maximum Gasteiger partial charge on any atom is 0.118 e. The first-order chi connectivity index (χ1) is 17.1. The number of aliphatic hydroxyl groups excluding tert-OH is 1. The predicted octanol–water partition coefficient (Wildman–Crippen LogP) is 6.73. The number of hydrogen-bond acceptors (Lipinski definition) is 5. The van der Waals surface area contributed by atoms with Crippen molar-refractivity contribution in [1.29, 1.82) is 0 Å². The maximum absolute atomic E-state index is 7.00. The lowest BCUT2D eigenvalue weighted by atomic mass is 10.00. The highest BCUT2D eigenvalue weighted by atomic mass is 32.1. The summed E-state index contributed by atoms with van der Waals surface area (Å²) in [6.45, 7) is 13.9. The molecule has 2 N–H and O–H groups in total. The molecule has 0 saturated heterocycles. The largest absolute Gasteiger partial charge is 0.400 e. The van der Waals surface area contributed by atoms with Crippen molar-refractivity contribution < 1.29 is 5.11 Å². The van der Waals surface area contributed by atoms with Gasteiger partial charge in [0.15, 0.2) is 0 Å². The minimum atomic E-state index is 0.256. The first-order valence-electron chi connectivity index (χ1n) is 12.6. The third-order valence-electron chi connectivity index (χ3n) is 5.44. The molecule has 0 aliphatic rings. The molecular weight excluding hydrogens is 452 g/mol. The Morgan fingerprint density at radius 2 is 1.91 bits per heavy atom. The van der Waals surface area contributed by atoms with E-state index in [2.05, 4.69) is 73.1 Å². The van der Waals surface area contributed by atoms with Gasteiger partial charge >= 0.3 is 0 Å². The molecule has 35 heavy (non-hydrogen) atoms. The van der Waals surface area contributed by atoms with Crippen molar-refractivity contribution in [1.82, 2.24) is 19.9 Å². The number of nitrogens with zero attached hydrogens (tertiary/aromatic N) is 3. The molecule has 1 atom stereocenters. The standard InChI is InChI=1S/C26H34N4S.C2H6.CH4O/c1-5-7-8-9-10-11-16-27-17-15-21-13-14-23-25(18-21)30(4)26(29-23)22(12-6-2)24-19-31-20(3)28-24;2*1-2/h5,7-10,13-14,18-19,22,27H,1,6,11-12,15-17H2,2-4H3;1-2H3;2H,1H3/b8-7-,10-9+;;. The fourth-order valence-electron chi connectivity index (χ4n) is 3.82. The van der Waals surface area contributed by atoms with E-state index in [-0.39, 0.29) is 5.92 Å². The van der Waals surface area contributed by atoms with Gasteiger partial charge in [0.2, 0.25) is 0 Å². The molecule has 0 spiro atoms. The summed E-state index contributed by atoms with van der Waals surface area (Å²) in [5, 5.41) is 13.8. The molecule has 0 fully saturated rings. The van der Waals surface area contributed by atoms with Crippen LogP contribution in [0.4, 0.5) is 0 Å². The van der Waals surface area contributed by atoms with Gasteiger partial charge in [-0.05, 0) is 57.0 Å². The second-order valence-corrected chi connectivity index (χ2v) is 8.88. The molecule has 1 aromatic carbocycles. The van der Waals surface area contributed by atoms with E-state index in [0.29, 0.717) is 0 Å². The summed E-state index contributed by atoms with van der Waals surface area (Å²) < 4.78 is 2.27. The van der Waals surface area contributed by atoms with Gasteiger partial charge in [-0.25, -0.2) is 9.97 Å². The van der Waals surface area contributed by atoms with Crippen molar-refractivity contribution >= 4 is 22.4 Å². The van der Waals surface area contributed by atoms with Crippen LogP contribution in [0.25, 0.3) is 11.0 Å². The first-order valence-corrected chi connectivity index (χ1v) is 13.5. The minimum Gasteiger partial charge on any atom is -0.400 e. The Kier molecular flexibility index (Phi) is 15.5. The van der Waals surface area contributed by atoms with Crippen LogP contribution in [-0.2, 0) is 13.5 Å². The third-order valence-corrected chi connectivity index (χ3v) is 6.23. The van der Waals surface area contributed by atoms with E-state index in [4.69, 9.17) is 15.1 Å². The van der Waals surface area contributed by atoms with E-state index in [0.717, 1.165) is 67.9 Å². The van der Waals surface area contributed by atoms with Crippen LogP contribution in [0.1, 0.15) is 68.0 Å². The number of thiazole rings is 1. The number of aliphatic hydroxyl groups is 1. The molecule has 1 unspecified atom stereocenters. The van der Waals surface area contributed by atoms with Gasteiger partial charge < -0.3 is 15.0 Å². The van der Waals surface area contributed by atoms with Crippen molar-refractivity contribution in [3.05, 3.63) is 82.6 Å². The third kappa shape index (κ3) is 9.55. The van der Waals surface area contributed by atoms with E-state index >= 15 is 0 Å². The number of rotatable bonds is 12. The van der Waals surface area contributed by atoms with Gasteiger partial charge in [-0.3, -0.25) is 0 Å². The summed E-state index contributed by atoms with van der Waals surface area (Å²) in [5.41, 5.74) is 4.77. The Labute approximate surface area is 216 Å². The van der Waals surface area contributed by atoms with Gasteiger partial charge in [0.1, 0.15) is 5.82 Å². The van der Waals surface area contributed by atoms with Gasteiger partial charge in [-0.2, -0.15) is 0 Å². The highest BCUT2D eigenvalue weighted by molar-refractivity contribution is 7.09. The lowest BCUT2D eigenvalue weighted by Gasteiger charge is -2.14. The Morgan fingerprint density at radius 1 is 1.14 bits per heavy atom. The maximum atomic E-state index is 7.00. The average molecular weight is 497 g/mol. The molecule has 2 heterocycles. The van der Waals surface area contributed by atoms with Crippen LogP contribution in [0.5, 0.6) is 0 Å². The molecule has 192 valence electrons. The van der Waals surface area contributed by atoms with E-state index in [9.17, 15) is 0 Å². The molecule has 6 heteroatoms. The normalized spacial score (nSPS) is 11.9. The van der Waals surface area contributed by atoms with E-state index in [1.165, 1.54) is 11.1 Å². The van der Waals surface area contributed by atoms with Gasteiger partial charge in [-0.1, -0.05) is 70.2 Å². The highest BCUT2D eigenvalue weighted by Gasteiger charge is 2.22. The van der Waals surface area contributed by atoms with Crippen LogP contribution in [0, 0.1) is 6.92 Å². The number of imidazole rings is 1. The monoisotopic (exact) mass is 496 g/mol. The second kappa shape index (κ2) is 17.8. The fourth-order valence-corrected chi connectivity index (χ4v) is 4.49. The molecule has 3 rings (SSSR count). The number of nitrogens with one attached hydrogen (secondary N) is 1. The smallest absolute Gasteiger partial charge is 0.118 e. The van der Waals surface area contributed by atoms with Crippen molar-refractivity contribution in [2.75, 3.05) is 20.2 Å². The summed E-state index contributed by atoms with van der Waals surface area (Å²) in [6.07, 6.45) is 14.2. The number of allylic oxidation sites excluding steroid dienone is 4. The Balaban J connectivity index is 0.00000145.